The molecule has 0 saturated carbocycles. The minimum Gasteiger partial charge on any atom is -0.465 e. The lowest BCUT2D eigenvalue weighted by molar-refractivity contribution is 0.0600. The number of hydrogen-bond donors (Lipinski definition) is 0. The molecule has 20 heavy (non-hydrogen) atoms. The molecular formula is C16H18N2O2. The first-order chi connectivity index (χ1) is 9.69. The van der Waals surface area contributed by atoms with Gasteiger partial charge in [-0.15, -0.1) is 0 Å². The van der Waals surface area contributed by atoms with Gasteiger partial charge in [-0.25, -0.2) is 4.79 Å². The summed E-state index contributed by atoms with van der Waals surface area (Å²) in [6.07, 6.45) is 3.63. The van der Waals surface area contributed by atoms with Crippen LogP contribution in [0.25, 0.3) is 0 Å². The molecule has 0 bridgehead atoms. The summed E-state index contributed by atoms with van der Waals surface area (Å²) in [5.41, 5.74) is 2.83. The number of hydrogen-bond acceptors (Lipinski definition) is 4. The van der Waals surface area contributed by atoms with Crippen LogP contribution in [0.15, 0.2) is 48.8 Å². The maximum Gasteiger partial charge on any atom is 0.337 e. The third-order valence-electron chi connectivity index (χ3n) is 2.98. The molecule has 0 amide bonds. The molecule has 2 aromatic rings. The number of nitrogens with zero attached hydrogens (tertiary/aromatic N) is 2. The highest BCUT2D eigenvalue weighted by Crippen LogP contribution is 2.10. The molecule has 0 aliphatic heterocycles. The van der Waals surface area contributed by atoms with Crippen molar-refractivity contribution in [3.63, 3.8) is 0 Å². The van der Waals surface area contributed by atoms with Crippen LogP contribution in [-0.2, 0) is 17.8 Å². The van der Waals surface area contributed by atoms with E-state index in [4.69, 9.17) is 4.74 Å². The van der Waals surface area contributed by atoms with Crippen LogP contribution >= 0.6 is 0 Å². The fourth-order valence-electron chi connectivity index (χ4n) is 2.09. The average Bonchev–Trinajstić information content (AvgIpc) is 2.47. The topological polar surface area (TPSA) is 42.4 Å². The number of aromatic nitrogens is 1. The van der Waals surface area contributed by atoms with E-state index in [9.17, 15) is 4.79 Å². The molecule has 1 aromatic carbocycles. The lowest BCUT2D eigenvalue weighted by Crippen LogP contribution is -2.17. The summed E-state index contributed by atoms with van der Waals surface area (Å²) in [7, 11) is 3.43. The van der Waals surface area contributed by atoms with Gasteiger partial charge in [0.15, 0.2) is 0 Å². The van der Waals surface area contributed by atoms with E-state index < -0.39 is 0 Å². The standard InChI is InChI=1S/C16H18N2O2/c1-18(12-14-6-4-8-17-10-14)11-13-5-3-7-15(9-13)16(19)20-2/h3-10H,11-12H2,1-2H3. The van der Waals surface area contributed by atoms with Crippen molar-refractivity contribution < 1.29 is 9.53 Å². The van der Waals surface area contributed by atoms with Crippen LogP contribution in [0, 0.1) is 0 Å². The van der Waals surface area contributed by atoms with Crippen molar-refractivity contribution in [2.45, 2.75) is 13.1 Å². The molecule has 104 valence electrons. The highest BCUT2D eigenvalue weighted by Gasteiger charge is 2.07. The number of rotatable bonds is 5. The van der Waals surface area contributed by atoms with E-state index in [1.807, 2.05) is 43.6 Å². The summed E-state index contributed by atoms with van der Waals surface area (Å²) in [5.74, 6) is -0.304. The maximum absolute atomic E-state index is 11.5. The van der Waals surface area contributed by atoms with Gasteiger partial charge in [0.1, 0.15) is 0 Å². The van der Waals surface area contributed by atoms with Crippen molar-refractivity contribution >= 4 is 5.97 Å². The Labute approximate surface area is 119 Å². The van der Waals surface area contributed by atoms with Crippen molar-refractivity contribution in [1.82, 2.24) is 9.88 Å². The number of carbonyl (C=O) groups excluding carboxylic acids is 1. The summed E-state index contributed by atoms with van der Waals surface area (Å²) in [6.45, 7) is 1.58. The minimum atomic E-state index is -0.304. The zero-order chi connectivity index (χ0) is 14.4. The van der Waals surface area contributed by atoms with Crippen LogP contribution in [0.4, 0.5) is 0 Å². The molecule has 0 atom stereocenters. The summed E-state index contributed by atoms with van der Waals surface area (Å²) < 4.78 is 4.73. The predicted molar refractivity (Wildman–Crippen MR) is 77.2 cm³/mol. The van der Waals surface area contributed by atoms with E-state index in [0.29, 0.717) is 5.56 Å². The molecule has 0 spiro atoms. The number of carbonyl (C=O) groups is 1. The number of benzene rings is 1. The molecule has 4 heteroatoms. The van der Waals surface area contributed by atoms with Crippen LogP contribution < -0.4 is 0 Å². The Hall–Kier alpha value is -2.20. The van der Waals surface area contributed by atoms with Gasteiger partial charge < -0.3 is 4.74 Å². The number of pyridine rings is 1. The molecule has 4 nitrogen and oxygen atoms in total. The Bertz CT molecular complexity index is 570. The zero-order valence-electron chi connectivity index (χ0n) is 11.7. The Kier molecular flexibility index (Phi) is 4.85. The van der Waals surface area contributed by atoms with Gasteiger partial charge in [-0.3, -0.25) is 9.88 Å². The van der Waals surface area contributed by atoms with Gasteiger partial charge in [-0.2, -0.15) is 0 Å². The summed E-state index contributed by atoms with van der Waals surface area (Å²) >= 11 is 0. The van der Waals surface area contributed by atoms with Crippen molar-refractivity contribution in [3.8, 4) is 0 Å². The van der Waals surface area contributed by atoms with Crippen LogP contribution in [0.5, 0.6) is 0 Å². The fourth-order valence-corrected chi connectivity index (χ4v) is 2.09. The molecule has 0 fully saturated rings. The molecule has 0 radical (unpaired) electrons. The number of methoxy groups -OCH3 is 1. The molecule has 1 heterocycles. The highest BCUT2D eigenvalue weighted by atomic mass is 16.5. The van der Waals surface area contributed by atoms with Crippen molar-refractivity contribution in [2.24, 2.45) is 0 Å². The normalized spacial score (nSPS) is 10.6. The first-order valence-corrected chi connectivity index (χ1v) is 6.44. The second kappa shape index (κ2) is 6.82. The van der Waals surface area contributed by atoms with E-state index in [2.05, 4.69) is 9.88 Å². The van der Waals surface area contributed by atoms with Gasteiger partial charge in [0, 0.05) is 25.5 Å². The van der Waals surface area contributed by atoms with Crippen LogP contribution in [0.1, 0.15) is 21.5 Å². The Balaban J connectivity index is 2.01. The molecule has 0 unspecified atom stereocenters. The number of esters is 1. The van der Waals surface area contributed by atoms with Crippen LogP contribution in [0.2, 0.25) is 0 Å². The third-order valence-corrected chi connectivity index (χ3v) is 2.98. The molecule has 0 aliphatic rings. The average molecular weight is 270 g/mol. The van der Waals surface area contributed by atoms with E-state index in [0.717, 1.165) is 18.7 Å². The highest BCUT2D eigenvalue weighted by molar-refractivity contribution is 5.89. The zero-order valence-corrected chi connectivity index (χ0v) is 11.7. The smallest absolute Gasteiger partial charge is 0.337 e. The Morgan fingerprint density at radius 1 is 1.20 bits per heavy atom. The molecule has 0 N–H and O–H groups in total. The Morgan fingerprint density at radius 2 is 1.95 bits per heavy atom. The summed E-state index contributed by atoms with van der Waals surface area (Å²) in [4.78, 5) is 17.8. The monoisotopic (exact) mass is 270 g/mol. The van der Waals surface area contributed by atoms with E-state index in [-0.39, 0.29) is 5.97 Å². The van der Waals surface area contributed by atoms with E-state index >= 15 is 0 Å². The SMILES string of the molecule is COC(=O)c1cccc(CN(C)Cc2cccnc2)c1. The maximum atomic E-state index is 11.5. The van der Waals surface area contributed by atoms with Crippen LogP contribution in [0.3, 0.4) is 0 Å². The molecule has 0 saturated heterocycles. The molecule has 1 aromatic heterocycles. The predicted octanol–water partition coefficient (Wildman–Crippen LogP) is 2.50. The van der Waals surface area contributed by atoms with Crippen molar-refractivity contribution in [2.75, 3.05) is 14.2 Å². The van der Waals surface area contributed by atoms with Gasteiger partial charge in [-0.1, -0.05) is 18.2 Å². The fraction of sp³-hybridized carbons (Fsp3) is 0.250. The summed E-state index contributed by atoms with van der Waals surface area (Å²) in [5, 5.41) is 0. The van der Waals surface area contributed by atoms with Gasteiger partial charge in [0.2, 0.25) is 0 Å². The minimum absolute atomic E-state index is 0.304. The lowest BCUT2D eigenvalue weighted by Gasteiger charge is -2.16. The first-order valence-electron chi connectivity index (χ1n) is 6.44. The first kappa shape index (κ1) is 14.2. The number of ether oxygens (including phenoxy) is 1. The quantitative estimate of drug-likeness (QED) is 0.783. The van der Waals surface area contributed by atoms with Gasteiger partial charge in [-0.05, 0) is 36.4 Å². The lowest BCUT2D eigenvalue weighted by atomic mass is 10.1. The van der Waals surface area contributed by atoms with E-state index in [1.165, 1.54) is 12.7 Å². The Morgan fingerprint density at radius 3 is 2.65 bits per heavy atom. The third kappa shape index (κ3) is 3.90. The van der Waals surface area contributed by atoms with Crippen molar-refractivity contribution in [3.05, 3.63) is 65.5 Å². The second-order valence-electron chi connectivity index (χ2n) is 4.73. The molecule has 2 rings (SSSR count). The second-order valence-corrected chi connectivity index (χ2v) is 4.73. The van der Waals surface area contributed by atoms with E-state index in [1.54, 1.807) is 12.3 Å². The molecular weight excluding hydrogens is 252 g/mol. The van der Waals surface area contributed by atoms with Crippen LogP contribution in [-0.4, -0.2) is 30.0 Å². The van der Waals surface area contributed by atoms with Crippen molar-refractivity contribution in [1.29, 1.82) is 0 Å². The van der Waals surface area contributed by atoms with Gasteiger partial charge in [0.05, 0.1) is 12.7 Å². The summed E-state index contributed by atoms with van der Waals surface area (Å²) in [6, 6.07) is 11.5. The van der Waals surface area contributed by atoms with Gasteiger partial charge in [0.25, 0.3) is 0 Å². The molecule has 0 aliphatic carbocycles. The largest absolute Gasteiger partial charge is 0.465 e. The van der Waals surface area contributed by atoms with Gasteiger partial charge >= 0.3 is 5.97 Å².